The Morgan fingerprint density at radius 2 is 1.95 bits per heavy atom. The predicted molar refractivity (Wildman–Crippen MR) is 75.1 cm³/mol. The van der Waals surface area contributed by atoms with Crippen molar-refractivity contribution < 1.29 is 9.21 Å². The van der Waals surface area contributed by atoms with Gasteiger partial charge in [-0.05, 0) is 44.0 Å². The molecule has 4 heteroatoms. The fraction of sp³-hybridized carbons (Fsp3) is 0.267. The molecule has 1 heterocycles. The number of benzene rings is 1. The zero-order chi connectivity index (χ0) is 13.8. The molecule has 0 spiro atoms. The van der Waals surface area contributed by atoms with Crippen LogP contribution < -0.4 is 11.1 Å². The average Bonchev–Trinajstić information content (AvgIpc) is 2.71. The summed E-state index contributed by atoms with van der Waals surface area (Å²) in [6.07, 6.45) is 0.780. The van der Waals surface area contributed by atoms with Crippen molar-refractivity contribution in [3.8, 4) is 0 Å². The molecule has 0 fully saturated rings. The minimum Gasteiger partial charge on any atom is -0.466 e. The van der Waals surface area contributed by atoms with E-state index in [0.29, 0.717) is 17.9 Å². The van der Waals surface area contributed by atoms with Crippen LogP contribution in [0.25, 0.3) is 0 Å². The average molecular weight is 258 g/mol. The largest absolute Gasteiger partial charge is 0.466 e. The maximum Gasteiger partial charge on any atom is 0.254 e. The van der Waals surface area contributed by atoms with E-state index in [9.17, 15) is 4.79 Å². The van der Waals surface area contributed by atoms with Crippen LogP contribution in [0.5, 0.6) is 0 Å². The molecule has 0 bridgehead atoms. The summed E-state index contributed by atoms with van der Waals surface area (Å²) in [4.78, 5) is 11.9. The van der Waals surface area contributed by atoms with Crippen molar-refractivity contribution in [1.82, 2.24) is 5.32 Å². The van der Waals surface area contributed by atoms with E-state index in [1.165, 1.54) is 0 Å². The first-order valence-electron chi connectivity index (χ1n) is 6.26. The molecule has 0 saturated heterocycles. The molecule has 4 nitrogen and oxygen atoms in total. The topological polar surface area (TPSA) is 68.3 Å². The van der Waals surface area contributed by atoms with Gasteiger partial charge in [-0.3, -0.25) is 4.79 Å². The smallest absolute Gasteiger partial charge is 0.254 e. The van der Waals surface area contributed by atoms with E-state index in [1.807, 2.05) is 31.2 Å². The molecule has 0 radical (unpaired) electrons. The summed E-state index contributed by atoms with van der Waals surface area (Å²) in [5.74, 6) is 1.31. The Hall–Kier alpha value is -2.23. The number of carbonyl (C=O) groups excluding carboxylic acids is 1. The summed E-state index contributed by atoms with van der Waals surface area (Å²) >= 11 is 0. The van der Waals surface area contributed by atoms with Crippen LogP contribution >= 0.6 is 0 Å². The molecule has 0 aliphatic carbocycles. The standard InChI is InChI=1S/C15H18N2O2/c1-10-9-14(11(2)19-10)15(18)17-8-7-12-3-5-13(16)6-4-12/h3-6,9H,7-8,16H2,1-2H3,(H,17,18). The Balaban J connectivity index is 1.87. The molecule has 1 aromatic heterocycles. The third-order valence-electron chi connectivity index (χ3n) is 2.96. The molecule has 0 aliphatic heterocycles. The predicted octanol–water partition coefficient (Wildman–Crippen LogP) is 2.45. The Labute approximate surface area is 112 Å². The monoisotopic (exact) mass is 258 g/mol. The van der Waals surface area contributed by atoms with Crippen LogP contribution in [0, 0.1) is 13.8 Å². The molecular weight excluding hydrogens is 240 g/mol. The lowest BCUT2D eigenvalue weighted by molar-refractivity contribution is 0.0952. The summed E-state index contributed by atoms with van der Waals surface area (Å²) < 4.78 is 5.34. The first kappa shape index (κ1) is 13.2. The molecule has 19 heavy (non-hydrogen) atoms. The zero-order valence-electron chi connectivity index (χ0n) is 11.2. The Kier molecular flexibility index (Phi) is 3.90. The molecule has 1 aromatic carbocycles. The van der Waals surface area contributed by atoms with Gasteiger partial charge in [0.15, 0.2) is 0 Å². The van der Waals surface area contributed by atoms with E-state index in [-0.39, 0.29) is 5.91 Å². The number of rotatable bonds is 4. The molecule has 1 amide bonds. The highest BCUT2D eigenvalue weighted by Gasteiger charge is 2.12. The zero-order valence-corrected chi connectivity index (χ0v) is 11.2. The summed E-state index contributed by atoms with van der Waals surface area (Å²) in [5, 5.41) is 2.89. The second-order valence-corrected chi connectivity index (χ2v) is 4.57. The minimum absolute atomic E-state index is 0.0928. The number of carbonyl (C=O) groups is 1. The second kappa shape index (κ2) is 5.61. The van der Waals surface area contributed by atoms with E-state index in [2.05, 4.69) is 5.32 Å². The van der Waals surface area contributed by atoms with Gasteiger partial charge in [-0.25, -0.2) is 0 Å². The van der Waals surface area contributed by atoms with Gasteiger partial charge in [0.05, 0.1) is 5.56 Å². The normalized spacial score (nSPS) is 10.4. The second-order valence-electron chi connectivity index (χ2n) is 4.57. The summed E-state index contributed by atoms with van der Waals surface area (Å²) in [6.45, 7) is 4.21. The fourth-order valence-corrected chi connectivity index (χ4v) is 1.96. The maximum atomic E-state index is 11.9. The number of hydrogen-bond donors (Lipinski definition) is 2. The number of amides is 1. The molecule has 0 atom stereocenters. The summed E-state index contributed by atoms with van der Waals surface area (Å²) in [7, 11) is 0. The van der Waals surface area contributed by atoms with Gasteiger partial charge in [-0.15, -0.1) is 0 Å². The van der Waals surface area contributed by atoms with Gasteiger partial charge >= 0.3 is 0 Å². The quantitative estimate of drug-likeness (QED) is 0.828. The fourth-order valence-electron chi connectivity index (χ4n) is 1.96. The number of anilines is 1. The van der Waals surface area contributed by atoms with Gasteiger partial charge in [-0.2, -0.15) is 0 Å². The SMILES string of the molecule is Cc1cc(C(=O)NCCc2ccc(N)cc2)c(C)o1. The van der Waals surface area contributed by atoms with E-state index in [4.69, 9.17) is 10.2 Å². The van der Waals surface area contributed by atoms with Gasteiger partial charge < -0.3 is 15.5 Å². The van der Waals surface area contributed by atoms with Crippen LogP contribution in [0.1, 0.15) is 27.4 Å². The van der Waals surface area contributed by atoms with Gasteiger partial charge in [0, 0.05) is 12.2 Å². The van der Waals surface area contributed by atoms with Crippen molar-refractivity contribution in [3.63, 3.8) is 0 Å². The van der Waals surface area contributed by atoms with E-state index in [1.54, 1.807) is 13.0 Å². The first-order chi connectivity index (χ1) is 9.06. The summed E-state index contributed by atoms with van der Waals surface area (Å²) in [6, 6.07) is 9.42. The van der Waals surface area contributed by atoms with Crippen LogP contribution in [0.4, 0.5) is 5.69 Å². The van der Waals surface area contributed by atoms with Gasteiger partial charge in [0.1, 0.15) is 11.5 Å². The molecule has 100 valence electrons. The lowest BCUT2D eigenvalue weighted by Crippen LogP contribution is -2.25. The Morgan fingerprint density at radius 3 is 2.53 bits per heavy atom. The molecular formula is C15H18N2O2. The van der Waals surface area contributed by atoms with Gasteiger partial charge in [0.2, 0.25) is 0 Å². The van der Waals surface area contributed by atoms with Crippen molar-refractivity contribution >= 4 is 11.6 Å². The van der Waals surface area contributed by atoms with Crippen LogP contribution in [-0.4, -0.2) is 12.5 Å². The van der Waals surface area contributed by atoms with Crippen molar-refractivity contribution in [2.75, 3.05) is 12.3 Å². The van der Waals surface area contributed by atoms with Gasteiger partial charge in [0.25, 0.3) is 5.91 Å². The minimum atomic E-state index is -0.0928. The molecule has 0 unspecified atom stereocenters. The van der Waals surface area contributed by atoms with Crippen LogP contribution in [0.2, 0.25) is 0 Å². The maximum absolute atomic E-state index is 11.9. The van der Waals surface area contributed by atoms with Gasteiger partial charge in [-0.1, -0.05) is 12.1 Å². The number of nitrogens with one attached hydrogen (secondary N) is 1. The van der Waals surface area contributed by atoms with Crippen molar-refractivity contribution in [2.24, 2.45) is 0 Å². The van der Waals surface area contributed by atoms with E-state index >= 15 is 0 Å². The van der Waals surface area contributed by atoms with E-state index < -0.39 is 0 Å². The molecule has 2 aromatic rings. The van der Waals surface area contributed by atoms with E-state index in [0.717, 1.165) is 23.4 Å². The highest BCUT2D eigenvalue weighted by molar-refractivity contribution is 5.95. The lowest BCUT2D eigenvalue weighted by Gasteiger charge is -2.05. The van der Waals surface area contributed by atoms with Crippen molar-refractivity contribution in [3.05, 3.63) is 53.0 Å². The number of hydrogen-bond acceptors (Lipinski definition) is 3. The molecule has 0 saturated carbocycles. The Bertz CT molecular complexity index is 570. The van der Waals surface area contributed by atoms with Crippen LogP contribution in [-0.2, 0) is 6.42 Å². The number of aryl methyl sites for hydroxylation is 2. The number of nitrogens with two attached hydrogens (primary N) is 1. The number of nitrogen functional groups attached to an aromatic ring is 1. The highest BCUT2D eigenvalue weighted by Crippen LogP contribution is 2.13. The molecule has 2 rings (SSSR count). The molecule has 0 aliphatic rings. The third-order valence-corrected chi connectivity index (χ3v) is 2.96. The third kappa shape index (κ3) is 3.37. The number of furan rings is 1. The Morgan fingerprint density at radius 1 is 1.26 bits per heavy atom. The van der Waals surface area contributed by atoms with Crippen LogP contribution in [0.3, 0.4) is 0 Å². The summed E-state index contributed by atoms with van der Waals surface area (Å²) in [5.41, 5.74) is 8.12. The lowest BCUT2D eigenvalue weighted by atomic mass is 10.1. The van der Waals surface area contributed by atoms with Crippen molar-refractivity contribution in [1.29, 1.82) is 0 Å². The van der Waals surface area contributed by atoms with Crippen LogP contribution in [0.15, 0.2) is 34.7 Å². The van der Waals surface area contributed by atoms with Crippen molar-refractivity contribution in [2.45, 2.75) is 20.3 Å². The highest BCUT2D eigenvalue weighted by atomic mass is 16.3. The molecule has 3 N–H and O–H groups in total. The first-order valence-corrected chi connectivity index (χ1v) is 6.26.